The van der Waals surface area contributed by atoms with Crippen molar-refractivity contribution in [2.24, 2.45) is 0 Å². The smallest absolute Gasteiger partial charge is 0.127 e. The molecule has 3 rings (SSSR count). The monoisotopic (exact) mass is 364 g/mol. The Balaban J connectivity index is 2.05. The van der Waals surface area contributed by atoms with E-state index in [0.717, 1.165) is 29.4 Å². The van der Waals surface area contributed by atoms with E-state index >= 15 is 0 Å². The van der Waals surface area contributed by atoms with Crippen molar-refractivity contribution in [3.63, 3.8) is 0 Å². The zero-order valence-corrected chi connectivity index (χ0v) is 14.5. The molecule has 0 saturated carbocycles. The summed E-state index contributed by atoms with van der Waals surface area (Å²) < 4.78 is 5.85. The van der Waals surface area contributed by atoms with E-state index in [2.05, 4.69) is 54.0 Å². The number of halogens is 2. The lowest BCUT2D eigenvalue weighted by Crippen LogP contribution is -2.23. The summed E-state index contributed by atoms with van der Waals surface area (Å²) >= 11 is 10.2. The number of hydrogen-bond acceptors (Lipinski definition) is 1. The van der Waals surface area contributed by atoms with E-state index in [0.29, 0.717) is 0 Å². The van der Waals surface area contributed by atoms with Crippen molar-refractivity contribution >= 4 is 27.5 Å². The minimum atomic E-state index is -0.0638. The Kier molecular flexibility index (Phi) is 4.02. The van der Waals surface area contributed by atoms with Crippen LogP contribution in [0.15, 0.2) is 42.5 Å². The number of alkyl halides is 1. The molecule has 1 nitrogen and oxygen atoms in total. The summed E-state index contributed by atoms with van der Waals surface area (Å²) in [5, 5.41) is 0.780. The summed E-state index contributed by atoms with van der Waals surface area (Å²) in [4.78, 5) is 0.137. The zero-order chi connectivity index (χ0) is 15.0. The first-order valence-corrected chi connectivity index (χ1v) is 8.44. The molecule has 0 fully saturated rings. The highest BCUT2D eigenvalue weighted by atomic mass is 79.9. The van der Waals surface area contributed by atoms with Crippen molar-refractivity contribution < 1.29 is 4.74 Å². The molecule has 2 aromatic rings. The molecular formula is C18H18BrClO. The van der Waals surface area contributed by atoms with Crippen molar-refractivity contribution in [3.05, 3.63) is 64.2 Å². The topological polar surface area (TPSA) is 9.23 Å². The van der Waals surface area contributed by atoms with E-state index in [1.165, 1.54) is 11.1 Å². The fraction of sp³-hybridized carbons (Fsp3) is 0.333. The second kappa shape index (κ2) is 5.66. The average Bonchev–Trinajstić information content (AvgIpc) is 2.94. The molecule has 2 aromatic carbocycles. The Morgan fingerprint density at radius 1 is 1.19 bits per heavy atom. The van der Waals surface area contributed by atoms with Crippen molar-refractivity contribution in [2.75, 3.05) is 6.61 Å². The zero-order valence-electron chi connectivity index (χ0n) is 12.2. The van der Waals surface area contributed by atoms with Crippen LogP contribution < -0.4 is 4.74 Å². The molecule has 21 heavy (non-hydrogen) atoms. The fourth-order valence-electron chi connectivity index (χ4n) is 2.89. The maximum atomic E-state index is 6.29. The van der Waals surface area contributed by atoms with Gasteiger partial charge in [0.05, 0.1) is 11.4 Å². The van der Waals surface area contributed by atoms with Crippen LogP contribution in [-0.2, 0) is 11.8 Å². The molecule has 0 spiro atoms. The Labute approximate surface area is 139 Å². The lowest BCUT2D eigenvalue weighted by atomic mass is 9.78. The first-order valence-electron chi connectivity index (χ1n) is 7.15. The van der Waals surface area contributed by atoms with Crippen LogP contribution in [0.5, 0.6) is 5.75 Å². The highest BCUT2D eigenvalue weighted by Crippen LogP contribution is 2.48. The second-order valence-corrected chi connectivity index (χ2v) is 7.38. The highest BCUT2D eigenvalue weighted by molar-refractivity contribution is 9.09. The normalized spacial score (nSPS) is 15.4. The molecule has 1 heterocycles. The molecule has 1 atom stereocenters. The third kappa shape index (κ3) is 2.72. The summed E-state index contributed by atoms with van der Waals surface area (Å²) in [5.41, 5.74) is 3.58. The summed E-state index contributed by atoms with van der Waals surface area (Å²) in [6, 6.07) is 14.6. The summed E-state index contributed by atoms with van der Waals surface area (Å²) in [5.74, 6) is 1.00. The van der Waals surface area contributed by atoms with Crippen LogP contribution in [0.4, 0.5) is 0 Å². The molecule has 1 aliphatic rings. The van der Waals surface area contributed by atoms with Crippen LogP contribution in [0.2, 0.25) is 5.02 Å². The van der Waals surface area contributed by atoms with E-state index in [-0.39, 0.29) is 10.2 Å². The summed E-state index contributed by atoms with van der Waals surface area (Å²) in [6.07, 6.45) is 0.939. The van der Waals surface area contributed by atoms with Gasteiger partial charge in [-0.05, 0) is 23.3 Å². The molecule has 0 saturated heterocycles. The van der Waals surface area contributed by atoms with Gasteiger partial charge in [-0.2, -0.15) is 0 Å². The minimum absolute atomic E-state index is 0.0638. The number of benzene rings is 2. The first kappa shape index (κ1) is 14.9. The van der Waals surface area contributed by atoms with Crippen LogP contribution >= 0.6 is 27.5 Å². The van der Waals surface area contributed by atoms with Gasteiger partial charge in [-0.1, -0.05) is 71.7 Å². The van der Waals surface area contributed by atoms with E-state index in [1.54, 1.807) is 0 Å². The van der Waals surface area contributed by atoms with Gasteiger partial charge >= 0.3 is 0 Å². The predicted octanol–water partition coefficient (Wildman–Crippen LogP) is 5.69. The van der Waals surface area contributed by atoms with Crippen molar-refractivity contribution in [2.45, 2.75) is 30.5 Å². The SMILES string of the molecule is CC(C)(c1ccccc1)C(Br)c1cc(Cl)cc2c1OCC2. The molecule has 1 aliphatic heterocycles. The van der Waals surface area contributed by atoms with Crippen LogP contribution in [0, 0.1) is 0 Å². The quantitative estimate of drug-likeness (QED) is 0.635. The van der Waals surface area contributed by atoms with Gasteiger partial charge in [-0.25, -0.2) is 0 Å². The Bertz CT molecular complexity index is 652. The molecule has 0 bridgehead atoms. The summed E-state index contributed by atoms with van der Waals surface area (Å²) in [7, 11) is 0. The Morgan fingerprint density at radius 3 is 2.62 bits per heavy atom. The fourth-order valence-corrected chi connectivity index (χ4v) is 3.74. The second-order valence-electron chi connectivity index (χ2n) is 6.03. The molecule has 110 valence electrons. The molecule has 1 unspecified atom stereocenters. The molecule has 0 aromatic heterocycles. The average molecular weight is 366 g/mol. The van der Waals surface area contributed by atoms with E-state index in [1.807, 2.05) is 18.2 Å². The van der Waals surface area contributed by atoms with Gasteiger partial charge < -0.3 is 4.74 Å². The van der Waals surface area contributed by atoms with Gasteiger partial charge in [-0.3, -0.25) is 0 Å². The van der Waals surface area contributed by atoms with Gasteiger partial charge in [0.25, 0.3) is 0 Å². The van der Waals surface area contributed by atoms with E-state index in [9.17, 15) is 0 Å². The highest BCUT2D eigenvalue weighted by Gasteiger charge is 2.34. The molecule has 0 amide bonds. The number of ether oxygens (including phenoxy) is 1. The standard InChI is InChI=1S/C18H18BrClO/c1-18(2,13-6-4-3-5-7-13)17(19)15-11-14(20)10-12-8-9-21-16(12)15/h3-7,10-11,17H,8-9H2,1-2H3. The summed E-state index contributed by atoms with van der Waals surface area (Å²) in [6.45, 7) is 5.22. The van der Waals surface area contributed by atoms with Gasteiger partial charge in [0.1, 0.15) is 5.75 Å². The maximum absolute atomic E-state index is 6.29. The van der Waals surface area contributed by atoms with Crippen molar-refractivity contribution in [1.82, 2.24) is 0 Å². The van der Waals surface area contributed by atoms with Crippen LogP contribution in [0.3, 0.4) is 0 Å². The van der Waals surface area contributed by atoms with Gasteiger partial charge in [0, 0.05) is 22.4 Å². The Hall–Kier alpha value is -0.990. The van der Waals surface area contributed by atoms with Gasteiger partial charge in [0.15, 0.2) is 0 Å². The molecule has 0 aliphatic carbocycles. The minimum Gasteiger partial charge on any atom is -0.493 e. The molecule has 0 radical (unpaired) electrons. The van der Waals surface area contributed by atoms with Crippen molar-refractivity contribution in [3.8, 4) is 5.75 Å². The van der Waals surface area contributed by atoms with Crippen LogP contribution in [0.1, 0.15) is 35.4 Å². The molecule has 3 heteroatoms. The predicted molar refractivity (Wildman–Crippen MR) is 91.8 cm³/mol. The van der Waals surface area contributed by atoms with E-state index in [4.69, 9.17) is 16.3 Å². The number of rotatable bonds is 3. The van der Waals surface area contributed by atoms with Gasteiger partial charge in [-0.15, -0.1) is 0 Å². The third-order valence-corrected chi connectivity index (χ3v) is 6.06. The lowest BCUT2D eigenvalue weighted by molar-refractivity contribution is 0.350. The van der Waals surface area contributed by atoms with Crippen LogP contribution in [0.25, 0.3) is 0 Å². The van der Waals surface area contributed by atoms with Crippen LogP contribution in [-0.4, -0.2) is 6.61 Å². The Morgan fingerprint density at radius 2 is 1.90 bits per heavy atom. The van der Waals surface area contributed by atoms with E-state index < -0.39 is 0 Å². The van der Waals surface area contributed by atoms with Crippen molar-refractivity contribution in [1.29, 1.82) is 0 Å². The largest absolute Gasteiger partial charge is 0.493 e. The molecular weight excluding hydrogens is 348 g/mol. The molecule has 0 N–H and O–H groups in total. The maximum Gasteiger partial charge on any atom is 0.127 e. The number of fused-ring (bicyclic) bond motifs is 1. The number of hydrogen-bond donors (Lipinski definition) is 0. The lowest BCUT2D eigenvalue weighted by Gasteiger charge is -2.32. The first-order chi connectivity index (χ1) is 10.00. The van der Waals surface area contributed by atoms with Gasteiger partial charge in [0.2, 0.25) is 0 Å². The third-order valence-electron chi connectivity index (χ3n) is 4.20.